The largest absolute Gasteiger partial charge is 0.508 e. The fourth-order valence-electron chi connectivity index (χ4n) is 6.27. The first kappa shape index (κ1) is 46.7. The van der Waals surface area contributed by atoms with Crippen LogP contribution in [-0.4, -0.2) is 67.7 Å². The highest BCUT2D eigenvalue weighted by molar-refractivity contribution is 5.69. The van der Waals surface area contributed by atoms with E-state index in [1.807, 2.05) is 0 Å². The van der Waals surface area contributed by atoms with E-state index in [1.54, 1.807) is 0 Å². The lowest BCUT2D eigenvalue weighted by Gasteiger charge is -2.21. The topological polar surface area (TPSA) is 85.3 Å². The zero-order valence-electron chi connectivity index (χ0n) is 32.3. The van der Waals surface area contributed by atoms with Crippen LogP contribution in [0.4, 0.5) is 4.79 Å². The van der Waals surface area contributed by atoms with Crippen molar-refractivity contribution < 1.29 is 28.9 Å². The highest BCUT2D eigenvalue weighted by atomic mass is 16.7. The van der Waals surface area contributed by atoms with E-state index in [0.29, 0.717) is 19.6 Å². The molecule has 0 amide bonds. The number of ether oxygens (including phenoxy) is 3. The first-order chi connectivity index (χ1) is 23.6. The molecule has 0 rings (SSSR count). The Hall–Kier alpha value is -1.34. The molecule has 48 heavy (non-hydrogen) atoms. The quantitative estimate of drug-likeness (QED) is 0.0512. The van der Waals surface area contributed by atoms with Gasteiger partial charge in [0.25, 0.3) is 0 Å². The minimum absolute atomic E-state index is 0.00532. The predicted octanol–water partition coefficient (Wildman–Crippen LogP) is 11.7. The Labute approximate surface area is 298 Å². The highest BCUT2D eigenvalue weighted by Gasteiger charge is 2.14. The molecule has 0 aromatic heterocycles. The fourth-order valence-corrected chi connectivity index (χ4v) is 6.27. The summed E-state index contributed by atoms with van der Waals surface area (Å²) in [5.74, 6) is 0.00532. The van der Waals surface area contributed by atoms with Crippen LogP contribution in [0.2, 0.25) is 0 Å². The van der Waals surface area contributed by atoms with Crippen LogP contribution in [0.5, 0.6) is 0 Å². The van der Waals surface area contributed by atoms with Gasteiger partial charge in [-0.05, 0) is 70.9 Å². The van der Waals surface area contributed by atoms with Gasteiger partial charge < -0.3 is 24.2 Å². The summed E-state index contributed by atoms with van der Waals surface area (Å²) < 4.78 is 16.3. The molecule has 0 spiro atoms. The van der Waals surface area contributed by atoms with Gasteiger partial charge in [-0.3, -0.25) is 4.79 Å². The van der Waals surface area contributed by atoms with Crippen LogP contribution in [0, 0.1) is 0 Å². The number of nitrogens with zero attached hydrogens (tertiary/aromatic N) is 1. The smallest absolute Gasteiger partial charge is 0.462 e. The zero-order valence-corrected chi connectivity index (χ0v) is 32.3. The summed E-state index contributed by atoms with van der Waals surface area (Å²) in [6.45, 7) is 10.5. The van der Waals surface area contributed by atoms with Crippen molar-refractivity contribution in [1.82, 2.24) is 4.90 Å². The summed E-state index contributed by atoms with van der Waals surface area (Å²) >= 11 is 0. The number of rotatable bonds is 38. The van der Waals surface area contributed by atoms with E-state index in [1.165, 1.54) is 96.3 Å². The number of carbonyl (C=O) groups is 2. The molecule has 0 heterocycles. The number of hydrogen-bond donors (Lipinski definition) is 1. The average Bonchev–Trinajstić information content (AvgIpc) is 3.08. The number of esters is 1. The van der Waals surface area contributed by atoms with E-state index in [2.05, 4.69) is 25.7 Å². The summed E-state index contributed by atoms with van der Waals surface area (Å²) in [6, 6.07) is 0. The van der Waals surface area contributed by atoms with E-state index in [-0.39, 0.29) is 18.7 Å². The molecule has 0 bridgehead atoms. The fraction of sp³-hybridized carbons (Fsp3) is 0.951. The molecule has 0 aliphatic rings. The van der Waals surface area contributed by atoms with Crippen LogP contribution in [0.1, 0.15) is 207 Å². The molecule has 0 fully saturated rings. The van der Waals surface area contributed by atoms with Crippen LogP contribution in [0.3, 0.4) is 0 Å². The van der Waals surface area contributed by atoms with E-state index in [4.69, 9.17) is 14.2 Å². The number of aliphatic hydroxyl groups is 1. The van der Waals surface area contributed by atoms with Crippen LogP contribution in [-0.2, 0) is 19.0 Å². The minimum atomic E-state index is -0.536. The number of hydrogen-bond acceptors (Lipinski definition) is 7. The van der Waals surface area contributed by atoms with Gasteiger partial charge in [-0.25, -0.2) is 4.79 Å². The molecule has 0 aromatic rings. The summed E-state index contributed by atoms with van der Waals surface area (Å²) in [4.78, 5) is 26.7. The zero-order chi connectivity index (χ0) is 35.2. The van der Waals surface area contributed by atoms with Gasteiger partial charge in [-0.15, -0.1) is 0 Å². The maximum absolute atomic E-state index is 12.7. The van der Waals surface area contributed by atoms with E-state index >= 15 is 0 Å². The van der Waals surface area contributed by atoms with Gasteiger partial charge in [0.15, 0.2) is 0 Å². The van der Waals surface area contributed by atoms with Gasteiger partial charge in [-0.1, -0.05) is 143 Å². The number of unbranched alkanes of at least 4 members (excludes halogenated alkanes) is 21. The maximum Gasteiger partial charge on any atom is 0.508 e. The molecule has 0 aliphatic heterocycles. The van der Waals surface area contributed by atoms with Crippen molar-refractivity contribution in [3.05, 3.63) is 0 Å². The van der Waals surface area contributed by atoms with E-state index in [9.17, 15) is 14.7 Å². The Morgan fingerprint density at radius 2 is 0.896 bits per heavy atom. The third-order valence-electron chi connectivity index (χ3n) is 9.39. The van der Waals surface area contributed by atoms with Gasteiger partial charge in [0.2, 0.25) is 0 Å². The molecule has 0 radical (unpaired) electrons. The Bertz CT molecular complexity index is 659. The van der Waals surface area contributed by atoms with Crippen molar-refractivity contribution in [2.45, 2.75) is 213 Å². The third kappa shape index (κ3) is 34.5. The van der Waals surface area contributed by atoms with E-state index < -0.39 is 6.16 Å². The molecule has 7 nitrogen and oxygen atoms in total. The van der Waals surface area contributed by atoms with Crippen LogP contribution in [0.15, 0.2) is 0 Å². The van der Waals surface area contributed by atoms with Crippen molar-refractivity contribution in [3.63, 3.8) is 0 Å². The molecule has 0 atom stereocenters. The SMILES string of the molecule is CCCCCCCCC(CCCCCCCC)OC(=O)CCCCCCCN(CCO)CCCCCCOC(=O)OCCCCCCC. The van der Waals surface area contributed by atoms with Crippen molar-refractivity contribution in [2.75, 3.05) is 39.5 Å². The molecule has 0 aliphatic carbocycles. The molecular formula is C41H81NO6. The van der Waals surface area contributed by atoms with Crippen LogP contribution < -0.4 is 0 Å². The summed E-state index contributed by atoms with van der Waals surface area (Å²) in [7, 11) is 0. The molecule has 0 unspecified atom stereocenters. The monoisotopic (exact) mass is 684 g/mol. The van der Waals surface area contributed by atoms with Crippen molar-refractivity contribution >= 4 is 12.1 Å². The molecule has 0 saturated heterocycles. The molecule has 7 heteroatoms. The Morgan fingerprint density at radius 1 is 0.500 bits per heavy atom. The second-order valence-corrected chi connectivity index (χ2v) is 14.1. The predicted molar refractivity (Wildman–Crippen MR) is 202 cm³/mol. The molecular weight excluding hydrogens is 602 g/mol. The molecule has 286 valence electrons. The second-order valence-electron chi connectivity index (χ2n) is 14.1. The normalized spacial score (nSPS) is 11.5. The third-order valence-corrected chi connectivity index (χ3v) is 9.39. The van der Waals surface area contributed by atoms with Gasteiger partial charge in [0.1, 0.15) is 6.10 Å². The molecule has 1 N–H and O–H groups in total. The van der Waals surface area contributed by atoms with Crippen LogP contribution in [0.25, 0.3) is 0 Å². The Kier molecular flexibility index (Phi) is 37.4. The lowest BCUT2D eigenvalue weighted by Crippen LogP contribution is -2.29. The number of carbonyl (C=O) groups excluding carboxylic acids is 2. The second kappa shape index (κ2) is 38.5. The average molecular weight is 684 g/mol. The van der Waals surface area contributed by atoms with Gasteiger partial charge in [-0.2, -0.15) is 0 Å². The summed E-state index contributed by atoms with van der Waals surface area (Å²) in [5.41, 5.74) is 0. The first-order valence-electron chi connectivity index (χ1n) is 20.9. The van der Waals surface area contributed by atoms with Gasteiger partial charge in [0.05, 0.1) is 19.8 Å². The van der Waals surface area contributed by atoms with Gasteiger partial charge >= 0.3 is 12.1 Å². The highest BCUT2D eigenvalue weighted by Crippen LogP contribution is 2.18. The van der Waals surface area contributed by atoms with Gasteiger partial charge in [0, 0.05) is 13.0 Å². The summed E-state index contributed by atoms with van der Waals surface area (Å²) in [5, 5.41) is 9.50. The van der Waals surface area contributed by atoms with Crippen molar-refractivity contribution in [1.29, 1.82) is 0 Å². The Balaban J connectivity index is 3.97. The minimum Gasteiger partial charge on any atom is -0.462 e. The maximum atomic E-state index is 12.7. The molecule has 0 saturated carbocycles. The molecule has 0 aromatic carbocycles. The van der Waals surface area contributed by atoms with Crippen LogP contribution >= 0.6 is 0 Å². The number of aliphatic hydroxyl groups excluding tert-OH is 1. The standard InChI is InChI=1S/C41H81NO6/c1-4-7-10-13-16-23-30-39(31-24-17-14-11-8-5-2)48-40(44)32-25-18-15-19-26-33-42(35-36-43)34-27-20-22-29-38-47-41(45)46-37-28-21-12-9-6-3/h39,43H,4-38H2,1-3H3. The summed E-state index contributed by atoms with van der Waals surface area (Å²) in [6.07, 6.45) is 32.7. The van der Waals surface area contributed by atoms with E-state index in [0.717, 1.165) is 103 Å². The lowest BCUT2D eigenvalue weighted by molar-refractivity contribution is -0.150. The Morgan fingerprint density at radius 3 is 1.35 bits per heavy atom. The lowest BCUT2D eigenvalue weighted by atomic mass is 10.0. The van der Waals surface area contributed by atoms with Crippen molar-refractivity contribution in [3.8, 4) is 0 Å². The first-order valence-corrected chi connectivity index (χ1v) is 20.9. The van der Waals surface area contributed by atoms with Crippen molar-refractivity contribution in [2.24, 2.45) is 0 Å².